The van der Waals surface area contributed by atoms with Gasteiger partial charge in [-0.1, -0.05) is 32.0 Å². The van der Waals surface area contributed by atoms with Crippen LogP contribution in [0, 0.1) is 11.8 Å². The van der Waals surface area contributed by atoms with Gasteiger partial charge in [0, 0.05) is 31.0 Å². The first kappa shape index (κ1) is 16.0. The molecule has 3 heterocycles. The summed E-state index contributed by atoms with van der Waals surface area (Å²) in [4.78, 5) is 25.2. The van der Waals surface area contributed by atoms with Gasteiger partial charge in [0.1, 0.15) is 12.1 Å². The van der Waals surface area contributed by atoms with Crippen molar-refractivity contribution in [2.45, 2.75) is 26.4 Å². The minimum atomic E-state index is -0.170. The molecule has 5 nitrogen and oxygen atoms in total. The first-order chi connectivity index (χ1) is 12.2. The third kappa shape index (κ3) is 2.76. The molecule has 1 aromatic heterocycles. The maximum absolute atomic E-state index is 11.9. The van der Waals surface area contributed by atoms with Crippen LogP contribution in [-0.2, 0) is 4.79 Å². The highest BCUT2D eigenvalue weighted by molar-refractivity contribution is 6.01. The summed E-state index contributed by atoms with van der Waals surface area (Å²) in [6.07, 6.45) is 6.17. The first-order valence-corrected chi connectivity index (χ1v) is 8.82. The summed E-state index contributed by atoms with van der Waals surface area (Å²) in [6.45, 7) is 6.49. The molecule has 5 heteroatoms. The van der Waals surface area contributed by atoms with E-state index in [-0.39, 0.29) is 6.17 Å². The van der Waals surface area contributed by atoms with Gasteiger partial charge in [-0.05, 0) is 24.3 Å². The maximum atomic E-state index is 11.9. The molecule has 1 fully saturated rings. The molecule has 25 heavy (non-hydrogen) atoms. The molecule has 0 saturated carbocycles. The molecule has 0 N–H and O–H groups in total. The van der Waals surface area contributed by atoms with Gasteiger partial charge in [0.05, 0.1) is 17.5 Å². The number of benzene rings is 1. The molecular weight excluding hydrogens is 312 g/mol. The molecule has 0 unspecified atom stereocenters. The summed E-state index contributed by atoms with van der Waals surface area (Å²) in [6, 6.07) is 8.00. The van der Waals surface area contributed by atoms with E-state index in [1.807, 2.05) is 24.3 Å². The van der Waals surface area contributed by atoms with Crippen molar-refractivity contribution in [3.05, 3.63) is 48.4 Å². The van der Waals surface area contributed by atoms with Crippen molar-refractivity contribution in [2.75, 3.05) is 18.0 Å². The minimum absolute atomic E-state index is 0.170. The number of rotatable bonds is 2. The van der Waals surface area contributed by atoms with Crippen molar-refractivity contribution in [1.82, 2.24) is 14.9 Å². The number of para-hydroxylation sites is 1. The number of piperidine rings is 1. The summed E-state index contributed by atoms with van der Waals surface area (Å²) >= 11 is 0. The number of aromatic nitrogens is 2. The molecule has 4 rings (SSSR count). The van der Waals surface area contributed by atoms with Crippen LogP contribution in [0.1, 0.15) is 25.8 Å². The number of carbonyl (C=O) groups excluding carboxylic acids is 1. The quantitative estimate of drug-likeness (QED) is 0.790. The summed E-state index contributed by atoms with van der Waals surface area (Å²) < 4.78 is 0. The van der Waals surface area contributed by atoms with E-state index in [0.29, 0.717) is 17.4 Å². The van der Waals surface area contributed by atoms with E-state index in [4.69, 9.17) is 0 Å². The van der Waals surface area contributed by atoms with Crippen LogP contribution in [0.2, 0.25) is 0 Å². The smallest absolute Gasteiger partial charge is 0.153 e. The zero-order valence-corrected chi connectivity index (χ0v) is 14.6. The Labute approximate surface area is 148 Å². The number of anilines is 2. The fraction of sp³-hybridized carbons (Fsp3) is 0.400. The number of fused-ring (bicyclic) bond motifs is 1. The van der Waals surface area contributed by atoms with Gasteiger partial charge in [0.15, 0.2) is 5.82 Å². The molecule has 2 aliphatic rings. The highest BCUT2D eigenvalue weighted by Crippen LogP contribution is 2.45. The Morgan fingerprint density at radius 2 is 1.88 bits per heavy atom. The lowest BCUT2D eigenvalue weighted by molar-refractivity contribution is 0.122. The van der Waals surface area contributed by atoms with Gasteiger partial charge < -0.3 is 4.90 Å². The Morgan fingerprint density at radius 1 is 1.12 bits per heavy atom. The Hall–Kier alpha value is -2.49. The molecule has 0 bridgehead atoms. The van der Waals surface area contributed by atoms with Crippen molar-refractivity contribution >= 4 is 23.0 Å². The lowest BCUT2D eigenvalue weighted by atomic mass is 9.91. The van der Waals surface area contributed by atoms with Crippen LogP contribution < -0.4 is 4.90 Å². The SMILES string of the molecule is C[C@@H]1C[C@H](C)CN([C@@H]2C(=C=O)c3ccccc3N2c2cnccn2)C1. The molecule has 1 saturated heterocycles. The number of hydrogen-bond acceptors (Lipinski definition) is 5. The zero-order valence-electron chi connectivity index (χ0n) is 14.6. The minimum Gasteiger partial charge on any atom is -0.303 e. The largest absolute Gasteiger partial charge is 0.303 e. The van der Waals surface area contributed by atoms with Crippen LogP contribution in [0.3, 0.4) is 0 Å². The summed E-state index contributed by atoms with van der Waals surface area (Å²) in [5.74, 6) is 4.19. The Balaban J connectivity index is 1.84. The van der Waals surface area contributed by atoms with Gasteiger partial charge >= 0.3 is 0 Å². The van der Waals surface area contributed by atoms with E-state index in [0.717, 1.165) is 30.2 Å². The van der Waals surface area contributed by atoms with Gasteiger partial charge in [-0.25, -0.2) is 9.78 Å². The molecule has 0 aliphatic carbocycles. The third-order valence-electron chi connectivity index (χ3n) is 5.11. The fourth-order valence-electron chi connectivity index (χ4n) is 4.34. The van der Waals surface area contributed by atoms with E-state index >= 15 is 0 Å². The van der Waals surface area contributed by atoms with E-state index in [2.05, 4.69) is 39.6 Å². The summed E-state index contributed by atoms with van der Waals surface area (Å²) in [5, 5.41) is 0. The first-order valence-electron chi connectivity index (χ1n) is 8.82. The molecule has 0 amide bonds. The maximum Gasteiger partial charge on any atom is 0.153 e. The predicted octanol–water partition coefficient (Wildman–Crippen LogP) is 3.15. The average molecular weight is 334 g/mol. The van der Waals surface area contributed by atoms with Crippen molar-refractivity contribution in [1.29, 1.82) is 0 Å². The van der Waals surface area contributed by atoms with Crippen molar-refractivity contribution < 1.29 is 4.79 Å². The third-order valence-corrected chi connectivity index (χ3v) is 5.11. The topological polar surface area (TPSA) is 49.3 Å². The van der Waals surface area contributed by atoms with Crippen LogP contribution in [0.5, 0.6) is 0 Å². The van der Waals surface area contributed by atoms with Gasteiger partial charge in [0.2, 0.25) is 0 Å². The Bertz CT molecular complexity index is 805. The normalized spacial score (nSPS) is 26.4. The molecular formula is C20H22N4O. The van der Waals surface area contributed by atoms with Gasteiger partial charge in [-0.2, -0.15) is 0 Å². The zero-order chi connectivity index (χ0) is 17.4. The average Bonchev–Trinajstić information content (AvgIpc) is 2.96. The predicted molar refractivity (Wildman–Crippen MR) is 98.0 cm³/mol. The van der Waals surface area contributed by atoms with Gasteiger partial charge in [-0.15, -0.1) is 0 Å². The second kappa shape index (κ2) is 6.43. The lowest BCUT2D eigenvalue weighted by Gasteiger charge is -2.42. The fourth-order valence-corrected chi connectivity index (χ4v) is 4.34. The number of likely N-dealkylation sites (tertiary alicyclic amines) is 1. The van der Waals surface area contributed by atoms with Gasteiger partial charge in [-0.3, -0.25) is 9.88 Å². The monoisotopic (exact) mass is 334 g/mol. The summed E-state index contributed by atoms with van der Waals surface area (Å²) in [5.41, 5.74) is 2.64. The second-order valence-corrected chi connectivity index (χ2v) is 7.24. The van der Waals surface area contributed by atoms with E-state index in [1.165, 1.54) is 6.42 Å². The molecule has 3 atom stereocenters. The van der Waals surface area contributed by atoms with E-state index in [9.17, 15) is 4.79 Å². The van der Waals surface area contributed by atoms with Crippen LogP contribution in [-0.4, -0.2) is 40.1 Å². The molecule has 1 aromatic carbocycles. The highest BCUT2D eigenvalue weighted by atomic mass is 16.1. The number of nitrogens with zero attached hydrogens (tertiary/aromatic N) is 4. The molecule has 128 valence electrons. The van der Waals surface area contributed by atoms with Crippen LogP contribution in [0.15, 0.2) is 42.9 Å². The summed E-state index contributed by atoms with van der Waals surface area (Å²) in [7, 11) is 0. The van der Waals surface area contributed by atoms with Crippen LogP contribution in [0.4, 0.5) is 11.5 Å². The van der Waals surface area contributed by atoms with Gasteiger partial charge in [0.25, 0.3) is 0 Å². The highest BCUT2D eigenvalue weighted by Gasteiger charge is 2.42. The number of hydrogen-bond donors (Lipinski definition) is 0. The Morgan fingerprint density at radius 3 is 2.56 bits per heavy atom. The molecule has 2 aliphatic heterocycles. The second-order valence-electron chi connectivity index (χ2n) is 7.24. The Kier molecular flexibility index (Phi) is 4.12. The standard InChI is InChI=1S/C20H22N4O/c1-14-9-15(2)12-23(11-14)20-17(13-25)16-5-3-4-6-18(16)24(20)19-10-21-7-8-22-19/h3-8,10,14-15,20H,9,11-12H2,1-2H3/t14-,15+,20-/m0/s1. The molecule has 2 aromatic rings. The lowest BCUT2D eigenvalue weighted by Crippen LogP contribution is -2.50. The van der Waals surface area contributed by atoms with E-state index in [1.54, 1.807) is 18.6 Å². The van der Waals surface area contributed by atoms with Crippen LogP contribution >= 0.6 is 0 Å². The van der Waals surface area contributed by atoms with Crippen LogP contribution in [0.25, 0.3) is 5.57 Å². The molecule has 0 radical (unpaired) electrons. The van der Waals surface area contributed by atoms with Crippen molar-refractivity contribution in [3.63, 3.8) is 0 Å². The molecule has 0 spiro atoms. The van der Waals surface area contributed by atoms with E-state index < -0.39 is 0 Å². The van der Waals surface area contributed by atoms with Crippen molar-refractivity contribution in [3.8, 4) is 0 Å². The van der Waals surface area contributed by atoms with Crippen molar-refractivity contribution in [2.24, 2.45) is 11.8 Å².